The third kappa shape index (κ3) is 2.54. The van der Waals surface area contributed by atoms with Crippen LogP contribution in [0.4, 0.5) is 4.39 Å². The number of aliphatic hydroxyl groups is 1. The molecule has 1 aliphatic rings. The Morgan fingerprint density at radius 3 is 2.63 bits per heavy atom. The fourth-order valence-electron chi connectivity index (χ4n) is 2.71. The molecule has 3 nitrogen and oxygen atoms in total. The number of aliphatic hydroxyl groups excluding tert-OH is 1. The molecule has 2 aromatic rings. The number of halogens is 1. The van der Waals surface area contributed by atoms with Crippen molar-refractivity contribution in [2.75, 3.05) is 0 Å². The first-order valence-electron chi connectivity index (χ1n) is 6.72. The van der Waals surface area contributed by atoms with E-state index in [2.05, 4.69) is 9.97 Å². The lowest BCUT2D eigenvalue weighted by molar-refractivity contribution is 0.121. The highest BCUT2D eigenvalue weighted by Crippen LogP contribution is 2.32. The molecule has 0 saturated heterocycles. The number of nitrogens with one attached hydrogen (secondary N) is 1. The number of hydrogen-bond acceptors (Lipinski definition) is 2. The Morgan fingerprint density at radius 1 is 1.16 bits per heavy atom. The molecule has 100 valence electrons. The van der Waals surface area contributed by atoms with E-state index in [4.69, 9.17) is 0 Å². The second-order valence-corrected chi connectivity index (χ2v) is 5.17. The summed E-state index contributed by atoms with van der Waals surface area (Å²) >= 11 is 0. The SMILES string of the molecule is OC1CCC(c2ncc(-c3ccccc3F)[nH]2)CC1. The Bertz CT molecular complexity index is 559. The van der Waals surface area contributed by atoms with Crippen molar-refractivity contribution in [1.29, 1.82) is 0 Å². The van der Waals surface area contributed by atoms with E-state index >= 15 is 0 Å². The topological polar surface area (TPSA) is 48.9 Å². The zero-order valence-corrected chi connectivity index (χ0v) is 10.6. The first-order valence-corrected chi connectivity index (χ1v) is 6.72. The third-order valence-corrected chi connectivity index (χ3v) is 3.84. The minimum atomic E-state index is -0.239. The minimum Gasteiger partial charge on any atom is -0.393 e. The first-order chi connectivity index (χ1) is 9.24. The van der Waals surface area contributed by atoms with Crippen molar-refractivity contribution in [3.63, 3.8) is 0 Å². The van der Waals surface area contributed by atoms with Crippen LogP contribution in [-0.4, -0.2) is 21.2 Å². The molecule has 1 aromatic carbocycles. The average Bonchev–Trinajstić information content (AvgIpc) is 2.89. The second kappa shape index (κ2) is 5.13. The highest BCUT2D eigenvalue weighted by atomic mass is 19.1. The van der Waals surface area contributed by atoms with Crippen LogP contribution in [0.5, 0.6) is 0 Å². The lowest BCUT2D eigenvalue weighted by Crippen LogP contribution is -2.17. The molecule has 2 N–H and O–H groups in total. The van der Waals surface area contributed by atoms with Crippen molar-refractivity contribution < 1.29 is 9.50 Å². The number of imidazole rings is 1. The van der Waals surface area contributed by atoms with Gasteiger partial charge in [0, 0.05) is 11.5 Å². The van der Waals surface area contributed by atoms with Gasteiger partial charge in [-0.2, -0.15) is 0 Å². The summed E-state index contributed by atoms with van der Waals surface area (Å²) in [5, 5.41) is 9.51. The van der Waals surface area contributed by atoms with E-state index in [1.54, 1.807) is 18.3 Å². The number of aromatic amines is 1. The highest BCUT2D eigenvalue weighted by molar-refractivity contribution is 5.59. The molecule has 0 bridgehead atoms. The third-order valence-electron chi connectivity index (χ3n) is 3.84. The molecule has 1 aliphatic carbocycles. The molecule has 1 aromatic heterocycles. The predicted molar refractivity (Wildman–Crippen MR) is 71.2 cm³/mol. The van der Waals surface area contributed by atoms with Crippen LogP contribution in [0.3, 0.4) is 0 Å². The molecule has 0 radical (unpaired) electrons. The second-order valence-electron chi connectivity index (χ2n) is 5.17. The quantitative estimate of drug-likeness (QED) is 0.871. The van der Waals surface area contributed by atoms with Gasteiger partial charge in [-0.3, -0.25) is 0 Å². The summed E-state index contributed by atoms with van der Waals surface area (Å²) in [5.41, 5.74) is 1.27. The summed E-state index contributed by atoms with van der Waals surface area (Å²) in [4.78, 5) is 7.60. The number of rotatable bonds is 2. The molecule has 1 fully saturated rings. The van der Waals surface area contributed by atoms with E-state index in [9.17, 15) is 9.50 Å². The number of benzene rings is 1. The molecular weight excluding hydrogens is 243 g/mol. The van der Waals surface area contributed by atoms with Crippen LogP contribution in [0.1, 0.15) is 37.4 Å². The van der Waals surface area contributed by atoms with Crippen molar-refractivity contribution in [1.82, 2.24) is 9.97 Å². The van der Waals surface area contributed by atoms with Crippen molar-refractivity contribution in [2.45, 2.75) is 37.7 Å². The fraction of sp³-hybridized carbons (Fsp3) is 0.400. The largest absolute Gasteiger partial charge is 0.393 e. The van der Waals surface area contributed by atoms with Gasteiger partial charge < -0.3 is 10.1 Å². The van der Waals surface area contributed by atoms with Crippen LogP contribution in [-0.2, 0) is 0 Å². The molecule has 3 rings (SSSR count). The van der Waals surface area contributed by atoms with Crippen molar-refractivity contribution in [2.24, 2.45) is 0 Å². The van der Waals surface area contributed by atoms with Gasteiger partial charge in [0.2, 0.25) is 0 Å². The highest BCUT2D eigenvalue weighted by Gasteiger charge is 2.23. The first kappa shape index (κ1) is 12.4. The lowest BCUT2D eigenvalue weighted by Gasteiger charge is -2.23. The molecule has 1 saturated carbocycles. The molecule has 0 spiro atoms. The van der Waals surface area contributed by atoms with Gasteiger partial charge in [-0.1, -0.05) is 12.1 Å². The van der Waals surface area contributed by atoms with Gasteiger partial charge in [0.25, 0.3) is 0 Å². The van der Waals surface area contributed by atoms with Crippen LogP contribution >= 0.6 is 0 Å². The molecule has 0 amide bonds. The maximum atomic E-state index is 13.7. The van der Waals surface area contributed by atoms with E-state index < -0.39 is 0 Å². The zero-order chi connectivity index (χ0) is 13.2. The van der Waals surface area contributed by atoms with E-state index in [-0.39, 0.29) is 11.9 Å². The van der Waals surface area contributed by atoms with Crippen LogP contribution in [0.25, 0.3) is 11.3 Å². The van der Waals surface area contributed by atoms with E-state index in [0.29, 0.717) is 11.5 Å². The van der Waals surface area contributed by atoms with Crippen LogP contribution < -0.4 is 0 Å². The smallest absolute Gasteiger partial charge is 0.132 e. The molecule has 0 aliphatic heterocycles. The predicted octanol–water partition coefficient (Wildman–Crippen LogP) is 3.23. The number of hydrogen-bond donors (Lipinski definition) is 2. The van der Waals surface area contributed by atoms with Gasteiger partial charge >= 0.3 is 0 Å². The maximum absolute atomic E-state index is 13.7. The molecule has 1 heterocycles. The Balaban J connectivity index is 1.82. The summed E-state index contributed by atoms with van der Waals surface area (Å²) in [6, 6.07) is 6.69. The van der Waals surface area contributed by atoms with Crippen LogP contribution in [0, 0.1) is 5.82 Å². The van der Waals surface area contributed by atoms with Gasteiger partial charge in [-0.05, 0) is 37.8 Å². The normalized spacial score (nSPS) is 23.5. The van der Waals surface area contributed by atoms with Gasteiger partial charge in [0.05, 0.1) is 18.0 Å². The van der Waals surface area contributed by atoms with Crippen molar-refractivity contribution >= 4 is 0 Å². The molecule has 0 unspecified atom stereocenters. The van der Waals surface area contributed by atoms with Gasteiger partial charge in [0.1, 0.15) is 11.6 Å². The molecule has 19 heavy (non-hydrogen) atoms. The molecule has 0 atom stereocenters. The van der Waals surface area contributed by atoms with Crippen LogP contribution in [0.15, 0.2) is 30.5 Å². The van der Waals surface area contributed by atoms with E-state index in [1.807, 2.05) is 6.07 Å². The molecule has 4 heteroatoms. The Kier molecular flexibility index (Phi) is 3.34. The van der Waals surface area contributed by atoms with Gasteiger partial charge in [-0.15, -0.1) is 0 Å². The summed E-state index contributed by atoms with van der Waals surface area (Å²) in [7, 11) is 0. The lowest BCUT2D eigenvalue weighted by atomic mass is 9.87. The summed E-state index contributed by atoms with van der Waals surface area (Å²) in [5.74, 6) is 1.02. The summed E-state index contributed by atoms with van der Waals surface area (Å²) in [6.07, 6.45) is 5.04. The Hall–Kier alpha value is -1.68. The average molecular weight is 260 g/mol. The maximum Gasteiger partial charge on any atom is 0.132 e. The number of nitrogens with zero attached hydrogens (tertiary/aromatic N) is 1. The number of aromatic nitrogens is 2. The Labute approximate surface area is 111 Å². The summed E-state index contributed by atoms with van der Waals surface area (Å²) < 4.78 is 13.7. The zero-order valence-electron chi connectivity index (χ0n) is 10.6. The number of H-pyrrole nitrogens is 1. The summed E-state index contributed by atoms with van der Waals surface area (Å²) in [6.45, 7) is 0. The standard InChI is InChI=1S/C15H17FN2O/c16-13-4-2-1-3-12(13)14-9-17-15(18-14)10-5-7-11(19)8-6-10/h1-4,9-11,19H,5-8H2,(H,17,18). The van der Waals surface area contributed by atoms with Gasteiger partial charge in [-0.25, -0.2) is 9.37 Å². The Morgan fingerprint density at radius 2 is 1.89 bits per heavy atom. The van der Waals surface area contributed by atoms with E-state index in [0.717, 1.165) is 37.2 Å². The van der Waals surface area contributed by atoms with Crippen molar-refractivity contribution in [3.05, 3.63) is 42.1 Å². The fourth-order valence-corrected chi connectivity index (χ4v) is 2.71. The van der Waals surface area contributed by atoms with Gasteiger partial charge in [0.15, 0.2) is 0 Å². The monoisotopic (exact) mass is 260 g/mol. The van der Waals surface area contributed by atoms with E-state index in [1.165, 1.54) is 6.07 Å². The molecular formula is C15H17FN2O. The minimum absolute atomic E-state index is 0.169. The van der Waals surface area contributed by atoms with Crippen LogP contribution in [0.2, 0.25) is 0 Å². The van der Waals surface area contributed by atoms with Crippen molar-refractivity contribution in [3.8, 4) is 11.3 Å².